The molecule has 1 aromatic heterocycles. The first kappa shape index (κ1) is 10.1. The van der Waals surface area contributed by atoms with Crippen molar-refractivity contribution in [3.63, 3.8) is 0 Å². The lowest BCUT2D eigenvalue weighted by Gasteiger charge is -2.03. The topological polar surface area (TPSA) is 65.2 Å². The molecule has 0 aliphatic rings. The lowest BCUT2D eigenvalue weighted by atomic mass is 10.3. The number of methoxy groups -OCH3 is 1. The SMILES string of the molecule is COC(=O)c1nc(Cl)c(N)cc1Cl. The molecule has 1 aromatic rings. The molecule has 0 unspecified atom stereocenters. The molecule has 0 spiro atoms. The summed E-state index contributed by atoms with van der Waals surface area (Å²) >= 11 is 11.3. The highest BCUT2D eigenvalue weighted by Crippen LogP contribution is 2.23. The number of nitrogens with two attached hydrogens (primary N) is 1. The van der Waals surface area contributed by atoms with Gasteiger partial charge in [0.2, 0.25) is 0 Å². The van der Waals surface area contributed by atoms with Gasteiger partial charge in [-0.25, -0.2) is 9.78 Å². The van der Waals surface area contributed by atoms with Gasteiger partial charge < -0.3 is 10.5 Å². The Balaban J connectivity index is 3.23. The molecule has 0 radical (unpaired) electrons. The monoisotopic (exact) mass is 220 g/mol. The Morgan fingerprint density at radius 2 is 2.23 bits per heavy atom. The van der Waals surface area contributed by atoms with Gasteiger partial charge in [-0.05, 0) is 6.07 Å². The zero-order valence-electron chi connectivity index (χ0n) is 6.67. The van der Waals surface area contributed by atoms with E-state index >= 15 is 0 Å². The fraction of sp³-hybridized carbons (Fsp3) is 0.143. The summed E-state index contributed by atoms with van der Waals surface area (Å²) in [6, 6.07) is 1.35. The van der Waals surface area contributed by atoms with Gasteiger partial charge in [0.25, 0.3) is 0 Å². The number of ether oxygens (including phenoxy) is 1. The Labute approximate surface area is 84.6 Å². The van der Waals surface area contributed by atoms with Crippen LogP contribution < -0.4 is 5.73 Å². The Bertz CT molecular complexity index is 355. The molecule has 0 amide bonds. The summed E-state index contributed by atoms with van der Waals surface area (Å²) in [4.78, 5) is 14.7. The first-order chi connectivity index (χ1) is 6.06. The second-order valence-electron chi connectivity index (χ2n) is 2.19. The van der Waals surface area contributed by atoms with Crippen molar-refractivity contribution in [1.82, 2.24) is 4.98 Å². The normalized spacial score (nSPS) is 9.77. The molecule has 1 heterocycles. The van der Waals surface area contributed by atoms with Gasteiger partial charge in [0.15, 0.2) is 10.8 Å². The number of anilines is 1. The van der Waals surface area contributed by atoms with Crippen LogP contribution in [-0.2, 0) is 4.74 Å². The lowest BCUT2D eigenvalue weighted by molar-refractivity contribution is 0.0594. The van der Waals surface area contributed by atoms with E-state index in [9.17, 15) is 4.79 Å². The highest BCUT2D eigenvalue weighted by Gasteiger charge is 2.14. The number of hydrogen-bond donors (Lipinski definition) is 1. The second-order valence-corrected chi connectivity index (χ2v) is 2.96. The highest BCUT2D eigenvalue weighted by molar-refractivity contribution is 6.35. The molecule has 6 heteroatoms. The predicted molar refractivity (Wildman–Crippen MR) is 50.0 cm³/mol. The number of esters is 1. The predicted octanol–water partition coefficient (Wildman–Crippen LogP) is 1.76. The number of nitrogen functional groups attached to an aromatic ring is 1. The molecule has 70 valence electrons. The molecular weight excluding hydrogens is 215 g/mol. The molecule has 0 atom stereocenters. The van der Waals surface area contributed by atoms with Gasteiger partial charge in [-0.2, -0.15) is 0 Å². The Hall–Kier alpha value is -1.00. The van der Waals surface area contributed by atoms with Gasteiger partial charge in [-0.3, -0.25) is 0 Å². The van der Waals surface area contributed by atoms with E-state index in [1.54, 1.807) is 0 Å². The van der Waals surface area contributed by atoms with Gasteiger partial charge in [0.05, 0.1) is 17.8 Å². The van der Waals surface area contributed by atoms with Crippen LogP contribution in [0.2, 0.25) is 10.2 Å². The van der Waals surface area contributed by atoms with Crippen LogP contribution in [0.3, 0.4) is 0 Å². The molecule has 13 heavy (non-hydrogen) atoms. The Morgan fingerprint density at radius 3 is 2.77 bits per heavy atom. The van der Waals surface area contributed by atoms with Crippen LogP contribution in [0.5, 0.6) is 0 Å². The third kappa shape index (κ3) is 2.02. The maximum Gasteiger partial charge on any atom is 0.358 e. The van der Waals surface area contributed by atoms with Crippen LogP contribution in [0.15, 0.2) is 6.07 Å². The van der Waals surface area contributed by atoms with E-state index in [0.29, 0.717) is 0 Å². The van der Waals surface area contributed by atoms with E-state index in [2.05, 4.69) is 9.72 Å². The third-order valence-corrected chi connectivity index (χ3v) is 1.93. The quantitative estimate of drug-likeness (QED) is 0.579. The van der Waals surface area contributed by atoms with E-state index in [1.165, 1.54) is 13.2 Å². The Kier molecular flexibility index (Phi) is 2.95. The van der Waals surface area contributed by atoms with Crippen molar-refractivity contribution in [2.75, 3.05) is 12.8 Å². The number of carbonyl (C=O) groups excluding carboxylic acids is 1. The molecule has 0 fully saturated rings. The summed E-state index contributed by atoms with van der Waals surface area (Å²) in [5.41, 5.74) is 5.58. The van der Waals surface area contributed by atoms with Crippen molar-refractivity contribution >= 4 is 34.9 Å². The summed E-state index contributed by atoms with van der Waals surface area (Å²) in [7, 11) is 1.23. The van der Waals surface area contributed by atoms with Crippen molar-refractivity contribution in [2.45, 2.75) is 0 Å². The van der Waals surface area contributed by atoms with E-state index in [0.717, 1.165) is 0 Å². The summed E-state index contributed by atoms with van der Waals surface area (Å²) in [5.74, 6) is -0.646. The van der Waals surface area contributed by atoms with Gasteiger partial charge in [-0.15, -0.1) is 0 Å². The zero-order chi connectivity index (χ0) is 10.0. The van der Waals surface area contributed by atoms with Crippen LogP contribution in [0.25, 0.3) is 0 Å². The van der Waals surface area contributed by atoms with Gasteiger partial charge in [-0.1, -0.05) is 23.2 Å². The molecule has 0 saturated carbocycles. The van der Waals surface area contributed by atoms with Crippen molar-refractivity contribution in [1.29, 1.82) is 0 Å². The summed E-state index contributed by atoms with van der Waals surface area (Å²) < 4.78 is 4.43. The second kappa shape index (κ2) is 3.81. The van der Waals surface area contributed by atoms with E-state index in [-0.39, 0.29) is 21.6 Å². The standard InChI is InChI=1S/C7H6Cl2N2O2/c1-13-7(12)5-3(8)2-4(10)6(9)11-5/h2H,10H2,1H3. The highest BCUT2D eigenvalue weighted by atomic mass is 35.5. The van der Waals surface area contributed by atoms with E-state index in [1.807, 2.05) is 0 Å². The lowest BCUT2D eigenvalue weighted by Crippen LogP contribution is -2.06. The minimum absolute atomic E-state index is 0.0322. The number of aromatic nitrogens is 1. The zero-order valence-corrected chi connectivity index (χ0v) is 8.19. The molecule has 0 saturated heterocycles. The smallest absolute Gasteiger partial charge is 0.358 e. The van der Waals surface area contributed by atoms with Crippen LogP contribution >= 0.6 is 23.2 Å². The maximum absolute atomic E-state index is 11.0. The van der Waals surface area contributed by atoms with Crippen molar-refractivity contribution in [2.24, 2.45) is 0 Å². The van der Waals surface area contributed by atoms with Crippen LogP contribution in [0, 0.1) is 0 Å². The molecule has 0 aliphatic heterocycles. The molecule has 2 N–H and O–H groups in total. The molecule has 1 rings (SSSR count). The molecule has 0 bridgehead atoms. The average Bonchev–Trinajstić information content (AvgIpc) is 2.10. The molecular formula is C7H6Cl2N2O2. The van der Waals surface area contributed by atoms with Gasteiger partial charge in [0, 0.05) is 0 Å². The van der Waals surface area contributed by atoms with Crippen LogP contribution in [0.4, 0.5) is 5.69 Å². The average molecular weight is 221 g/mol. The summed E-state index contributed by atoms with van der Waals surface area (Å²) in [6.45, 7) is 0. The van der Waals surface area contributed by atoms with Crippen LogP contribution in [-0.4, -0.2) is 18.1 Å². The van der Waals surface area contributed by atoms with Crippen molar-refractivity contribution in [3.05, 3.63) is 21.9 Å². The first-order valence-corrected chi connectivity index (χ1v) is 4.01. The number of nitrogens with zero attached hydrogens (tertiary/aromatic N) is 1. The minimum Gasteiger partial charge on any atom is -0.464 e. The van der Waals surface area contributed by atoms with Crippen LogP contribution in [0.1, 0.15) is 10.5 Å². The Morgan fingerprint density at radius 1 is 1.62 bits per heavy atom. The molecule has 4 nitrogen and oxygen atoms in total. The fourth-order valence-corrected chi connectivity index (χ4v) is 1.10. The van der Waals surface area contributed by atoms with E-state index in [4.69, 9.17) is 28.9 Å². The minimum atomic E-state index is -0.646. The van der Waals surface area contributed by atoms with Gasteiger partial charge in [0.1, 0.15) is 0 Å². The summed E-state index contributed by atoms with van der Waals surface area (Å²) in [6.07, 6.45) is 0. The van der Waals surface area contributed by atoms with Crippen molar-refractivity contribution < 1.29 is 9.53 Å². The maximum atomic E-state index is 11.0. The molecule has 0 aliphatic carbocycles. The third-order valence-electron chi connectivity index (χ3n) is 1.34. The largest absolute Gasteiger partial charge is 0.464 e. The number of hydrogen-bond acceptors (Lipinski definition) is 4. The molecule has 0 aromatic carbocycles. The number of pyridine rings is 1. The number of rotatable bonds is 1. The van der Waals surface area contributed by atoms with Crippen molar-refractivity contribution in [3.8, 4) is 0 Å². The number of halogens is 2. The number of carbonyl (C=O) groups is 1. The summed E-state index contributed by atoms with van der Waals surface area (Å²) in [5, 5.41) is 0.151. The van der Waals surface area contributed by atoms with E-state index < -0.39 is 5.97 Å². The first-order valence-electron chi connectivity index (χ1n) is 3.26. The fourth-order valence-electron chi connectivity index (χ4n) is 0.720. The van der Waals surface area contributed by atoms with Gasteiger partial charge >= 0.3 is 5.97 Å².